The predicted molar refractivity (Wildman–Crippen MR) is 76.0 cm³/mol. The predicted octanol–water partition coefficient (Wildman–Crippen LogP) is -1.30. The van der Waals surface area contributed by atoms with Crippen LogP contribution >= 0.6 is 0 Å². The van der Waals surface area contributed by atoms with Crippen molar-refractivity contribution >= 4 is 36.3 Å². The molecule has 0 aromatic heterocycles. The fourth-order valence-electron chi connectivity index (χ4n) is 1.10. The van der Waals surface area contributed by atoms with Crippen LogP contribution in [0.3, 0.4) is 0 Å². The summed E-state index contributed by atoms with van der Waals surface area (Å²) < 4.78 is 43.1. The molecular weight excluding hydrogens is 322 g/mol. The van der Waals surface area contributed by atoms with Gasteiger partial charge in [0.25, 0.3) is 4.20 Å². The van der Waals surface area contributed by atoms with E-state index in [1.807, 2.05) is 0 Å². The van der Waals surface area contributed by atoms with Crippen LogP contribution in [0.4, 0.5) is 0 Å². The first-order valence-electron chi connectivity index (χ1n) is 5.11. The number of rotatable bonds is 1. The Morgan fingerprint density at radius 2 is 1.57 bits per heavy atom. The summed E-state index contributed by atoms with van der Waals surface area (Å²) in [7, 11) is -7.84. The van der Waals surface area contributed by atoms with Crippen LogP contribution < -0.4 is 11.5 Å². The Bertz CT molecular complexity index is 767. The Labute approximate surface area is 122 Å². The normalized spacial score (nSPS) is 9.95. The maximum absolute atomic E-state index is 11.7. The molecule has 1 aromatic rings. The molecule has 21 heavy (non-hydrogen) atoms. The van der Waals surface area contributed by atoms with E-state index in [4.69, 9.17) is 10.5 Å². The van der Waals surface area contributed by atoms with Crippen LogP contribution in [0.1, 0.15) is 5.56 Å². The van der Waals surface area contributed by atoms with Crippen LogP contribution in [0, 0.1) is 12.3 Å². The van der Waals surface area contributed by atoms with Gasteiger partial charge >= 0.3 is 5.97 Å². The summed E-state index contributed by atoms with van der Waals surface area (Å²) in [5, 5.41) is 14.6. The van der Waals surface area contributed by atoms with E-state index < -0.39 is 30.3 Å². The number of nitrogens with one attached hydrogen (secondary N) is 1. The summed E-state index contributed by atoms with van der Waals surface area (Å²) in [5.41, 5.74) is 9.71. The van der Waals surface area contributed by atoms with Gasteiger partial charge in [-0.2, -0.15) is 8.42 Å². The number of nitrogens with two attached hydrogens (primary N) is 2. The molecule has 0 atom stereocenters. The lowest BCUT2D eigenvalue weighted by Gasteiger charge is -2.01. The first-order valence-corrected chi connectivity index (χ1v) is 7.66. The number of hydrogen-bond donors (Lipinski definition) is 4. The largest absolute Gasteiger partial charge is 0.476 e. The van der Waals surface area contributed by atoms with Gasteiger partial charge in [0.05, 0.1) is 4.90 Å². The molecular formula is C10H13N3O6S2. The van der Waals surface area contributed by atoms with Crippen molar-refractivity contribution in [3.05, 3.63) is 29.8 Å². The number of benzene rings is 1. The highest BCUT2D eigenvalue weighted by atomic mass is 32.2. The topological polar surface area (TPSA) is 181 Å². The Kier molecular flexibility index (Phi) is 6.55. The number of aryl methyl sites for hydroxylation is 1. The first kappa shape index (κ1) is 18.6. The number of carboxylic acids is 1. The number of sulfone groups is 1. The third-order valence-electron chi connectivity index (χ3n) is 1.90. The molecule has 11 heteroatoms. The Hall–Kier alpha value is -2.40. The number of aliphatic carboxylic acids is 1. The molecule has 6 N–H and O–H groups in total. The van der Waals surface area contributed by atoms with Crippen molar-refractivity contribution in [2.24, 2.45) is 11.5 Å². The van der Waals surface area contributed by atoms with Crippen molar-refractivity contribution in [2.75, 3.05) is 0 Å². The lowest BCUT2D eigenvalue weighted by Crippen LogP contribution is -2.25. The standard InChI is InChI=1S/C9H8O6S2.CH5N3/c1-6-2-4-7(5-3-6)17(14,15)9(8(10)11)16(12)13;2-1(3)4/h2-5H,1H3,(H,10,11);(H5,2,3,4). The molecule has 0 aliphatic rings. The molecule has 0 unspecified atom stereocenters. The van der Waals surface area contributed by atoms with Crippen LogP contribution in [0.15, 0.2) is 29.2 Å². The van der Waals surface area contributed by atoms with Crippen molar-refractivity contribution in [3.63, 3.8) is 0 Å². The second-order valence-corrected chi connectivity index (χ2v) is 6.62. The zero-order valence-electron chi connectivity index (χ0n) is 10.8. The zero-order chi connectivity index (χ0) is 16.8. The SMILES string of the molecule is Cc1ccc(S(=O)(=O)C(C(=O)O)=S(=O)=O)cc1.N=C(N)N. The number of carboxylic acid groups (broad SMARTS) is 1. The molecule has 0 amide bonds. The van der Waals surface area contributed by atoms with Gasteiger partial charge in [-0.3, -0.25) is 5.41 Å². The van der Waals surface area contributed by atoms with Crippen LogP contribution in [-0.2, 0) is 24.9 Å². The number of hydrogen-bond acceptors (Lipinski definition) is 6. The third-order valence-corrected chi connectivity index (χ3v) is 5.00. The third kappa shape index (κ3) is 5.62. The van der Waals surface area contributed by atoms with Crippen molar-refractivity contribution in [1.82, 2.24) is 0 Å². The maximum atomic E-state index is 11.7. The number of carbonyl (C=O) groups is 1. The molecule has 0 aliphatic heterocycles. The molecule has 116 valence electrons. The van der Waals surface area contributed by atoms with E-state index in [9.17, 15) is 21.6 Å². The molecule has 0 radical (unpaired) electrons. The molecule has 0 heterocycles. The summed E-state index contributed by atoms with van der Waals surface area (Å²) in [6.07, 6.45) is 0. The fourth-order valence-corrected chi connectivity index (χ4v) is 3.19. The van der Waals surface area contributed by atoms with Crippen LogP contribution in [0.2, 0.25) is 0 Å². The summed E-state index contributed by atoms with van der Waals surface area (Å²) in [6, 6.07) is 5.20. The Morgan fingerprint density at radius 3 is 1.86 bits per heavy atom. The summed E-state index contributed by atoms with van der Waals surface area (Å²) in [6.45, 7) is 1.71. The highest BCUT2D eigenvalue weighted by Crippen LogP contribution is 2.13. The van der Waals surface area contributed by atoms with Gasteiger partial charge in [-0.1, -0.05) is 17.7 Å². The highest BCUT2D eigenvalue weighted by Gasteiger charge is 2.30. The van der Waals surface area contributed by atoms with Gasteiger partial charge in [-0.05, 0) is 19.1 Å². The Morgan fingerprint density at radius 1 is 1.19 bits per heavy atom. The van der Waals surface area contributed by atoms with Crippen molar-refractivity contribution in [1.29, 1.82) is 5.41 Å². The fraction of sp³-hybridized carbons (Fsp3) is 0.100. The minimum absolute atomic E-state index is 0.333. The molecule has 0 spiro atoms. The van der Waals surface area contributed by atoms with E-state index in [0.717, 1.165) is 17.7 Å². The van der Waals surface area contributed by atoms with Crippen molar-refractivity contribution in [3.8, 4) is 0 Å². The van der Waals surface area contributed by atoms with Crippen LogP contribution in [-0.4, -0.2) is 38.1 Å². The average Bonchev–Trinajstić information content (AvgIpc) is 2.26. The van der Waals surface area contributed by atoms with Gasteiger partial charge in [-0.15, -0.1) is 0 Å². The molecule has 1 aromatic carbocycles. The molecule has 0 saturated heterocycles. The second-order valence-electron chi connectivity index (χ2n) is 3.60. The van der Waals surface area contributed by atoms with E-state index in [0.29, 0.717) is 0 Å². The quantitative estimate of drug-likeness (QED) is 0.277. The monoisotopic (exact) mass is 335 g/mol. The van der Waals surface area contributed by atoms with E-state index in [-0.39, 0.29) is 10.9 Å². The molecule has 9 nitrogen and oxygen atoms in total. The average molecular weight is 335 g/mol. The van der Waals surface area contributed by atoms with Gasteiger partial charge in [0.2, 0.25) is 20.1 Å². The summed E-state index contributed by atoms with van der Waals surface area (Å²) in [4.78, 5) is 10.2. The van der Waals surface area contributed by atoms with Gasteiger partial charge in [0, 0.05) is 0 Å². The van der Waals surface area contributed by atoms with Gasteiger partial charge in [0.1, 0.15) is 0 Å². The van der Waals surface area contributed by atoms with E-state index in [1.54, 1.807) is 6.92 Å². The van der Waals surface area contributed by atoms with Crippen molar-refractivity contribution < 1.29 is 26.7 Å². The molecule has 0 saturated carbocycles. The van der Waals surface area contributed by atoms with Gasteiger partial charge in [0.15, 0.2) is 5.96 Å². The number of guanidine groups is 1. The van der Waals surface area contributed by atoms with Gasteiger partial charge < -0.3 is 16.6 Å². The van der Waals surface area contributed by atoms with E-state index in [2.05, 4.69) is 11.5 Å². The second kappa shape index (κ2) is 7.40. The summed E-state index contributed by atoms with van der Waals surface area (Å²) >= 11 is 0. The van der Waals surface area contributed by atoms with E-state index >= 15 is 0 Å². The highest BCUT2D eigenvalue weighted by molar-refractivity contribution is 8.17. The molecule has 1 rings (SSSR count). The smallest absolute Gasteiger partial charge is 0.363 e. The molecule has 0 fully saturated rings. The first-order chi connectivity index (χ1) is 9.50. The zero-order valence-corrected chi connectivity index (χ0v) is 12.4. The minimum Gasteiger partial charge on any atom is -0.476 e. The minimum atomic E-state index is -4.51. The lowest BCUT2D eigenvalue weighted by molar-refractivity contribution is -0.128. The maximum Gasteiger partial charge on any atom is 0.363 e. The molecule has 0 bridgehead atoms. The lowest BCUT2D eigenvalue weighted by atomic mass is 10.2. The van der Waals surface area contributed by atoms with Crippen LogP contribution in [0.5, 0.6) is 0 Å². The van der Waals surface area contributed by atoms with Crippen molar-refractivity contribution in [2.45, 2.75) is 11.8 Å². The summed E-state index contributed by atoms with van der Waals surface area (Å²) in [5.74, 6) is -2.33. The van der Waals surface area contributed by atoms with Crippen LogP contribution in [0.25, 0.3) is 0 Å². The van der Waals surface area contributed by atoms with Gasteiger partial charge in [-0.25, -0.2) is 13.2 Å². The van der Waals surface area contributed by atoms with E-state index in [1.165, 1.54) is 12.1 Å². The molecule has 0 aliphatic carbocycles. The Balaban J connectivity index is 0.000000885.